The minimum absolute atomic E-state index is 0.0245. The highest BCUT2D eigenvalue weighted by Gasteiger charge is 2.44. The van der Waals surface area contributed by atoms with Crippen molar-refractivity contribution in [3.8, 4) is 0 Å². The van der Waals surface area contributed by atoms with Crippen LogP contribution in [0.5, 0.6) is 0 Å². The van der Waals surface area contributed by atoms with E-state index in [1.807, 2.05) is 0 Å². The molecule has 0 spiro atoms. The highest BCUT2D eigenvalue weighted by atomic mass is 35.5. The third-order valence-corrected chi connectivity index (χ3v) is 3.00. The highest BCUT2D eigenvalue weighted by molar-refractivity contribution is 6.31. The van der Waals surface area contributed by atoms with E-state index in [1.54, 1.807) is 6.07 Å². The maximum absolute atomic E-state index is 5.91. The molecule has 13 heavy (non-hydrogen) atoms. The normalized spacial score (nSPS) is 18.7. The lowest BCUT2D eigenvalue weighted by atomic mass is 9.99. The highest BCUT2D eigenvalue weighted by Crippen LogP contribution is 2.49. The van der Waals surface area contributed by atoms with E-state index in [-0.39, 0.29) is 5.41 Å². The van der Waals surface area contributed by atoms with Gasteiger partial charge in [-0.2, -0.15) is 0 Å². The molecular formula is C8H9Cl2N3. The van der Waals surface area contributed by atoms with Crippen molar-refractivity contribution in [1.29, 1.82) is 0 Å². The molecule has 1 heterocycles. The summed E-state index contributed by atoms with van der Waals surface area (Å²) in [7, 11) is 0. The molecule has 2 rings (SSSR count). The Morgan fingerprint density at radius 2 is 2.08 bits per heavy atom. The molecule has 1 aliphatic carbocycles. The zero-order valence-electron chi connectivity index (χ0n) is 6.93. The third kappa shape index (κ3) is 1.52. The summed E-state index contributed by atoms with van der Waals surface area (Å²) >= 11 is 11.6. The zero-order chi connectivity index (χ0) is 9.47. The van der Waals surface area contributed by atoms with Gasteiger partial charge in [0, 0.05) is 17.5 Å². The molecule has 0 radical (unpaired) electrons. The number of hydrogen-bond donors (Lipinski definition) is 1. The number of nitrogens with two attached hydrogens (primary N) is 1. The van der Waals surface area contributed by atoms with Crippen LogP contribution in [-0.4, -0.2) is 16.7 Å². The molecule has 0 aliphatic heterocycles. The Bertz CT molecular complexity index is 336. The lowest BCUT2D eigenvalue weighted by Crippen LogP contribution is -2.20. The van der Waals surface area contributed by atoms with E-state index in [9.17, 15) is 0 Å². The van der Waals surface area contributed by atoms with Gasteiger partial charge in [0.2, 0.25) is 0 Å². The van der Waals surface area contributed by atoms with Crippen molar-refractivity contribution in [1.82, 2.24) is 10.2 Å². The van der Waals surface area contributed by atoms with Gasteiger partial charge in [0.1, 0.15) is 0 Å². The average molecular weight is 218 g/mol. The van der Waals surface area contributed by atoms with Crippen LogP contribution in [0.15, 0.2) is 6.07 Å². The Morgan fingerprint density at radius 3 is 2.62 bits per heavy atom. The van der Waals surface area contributed by atoms with Crippen molar-refractivity contribution >= 4 is 23.2 Å². The first kappa shape index (κ1) is 9.19. The molecule has 1 aromatic rings. The molecule has 1 aromatic heterocycles. The maximum Gasteiger partial charge on any atom is 0.155 e. The van der Waals surface area contributed by atoms with Gasteiger partial charge in [-0.15, -0.1) is 10.2 Å². The largest absolute Gasteiger partial charge is 0.330 e. The second-order valence-electron chi connectivity index (χ2n) is 3.36. The molecule has 0 amide bonds. The smallest absolute Gasteiger partial charge is 0.155 e. The lowest BCUT2D eigenvalue weighted by molar-refractivity contribution is 0.696. The van der Waals surface area contributed by atoms with Crippen LogP contribution in [0.25, 0.3) is 0 Å². The molecule has 0 saturated heterocycles. The molecule has 3 nitrogen and oxygen atoms in total. The Labute approximate surface area is 86.2 Å². The molecular weight excluding hydrogens is 209 g/mol. The SMILES string of the molecule is NCC1(c2cc(Cl)nnc2Cl)CC1. The predicted molar refractivity (Wildman–Crippen MR) is 52.0 cm³/mol. The number of hydrogen-bond acceptors (Lipinski definition) is 3. The monoisotopic (exact) mass is 217 g/mol. The summed E-state index contributed by atoms with van der Waals surface area (Å²) in [4.78, 5) is 0. The van der Waals surface area contributed by atoms with Crippen LogP contribution in [0.1, 0.15) is 18.4 Å². The Balaban J connectivity index is 2.44. The van der Waals surface area contributed by atoms with E-state index in [0.717, 1.165) is 18.4 Å². The van der Waals surface area contributed by atoms with Gasteiger partial charge >= 0.3 is 0 Å². The van der Waals surface area contributed by atoms with Crippen molar-refractivity contribution in [3.63, 3.8) is 0 Å². The quantitative estimate of drug-likeness (QED) is 0.822. The van der Waals surface area contributed by atoms with Crippen LogP contribution in [0.2, 0.25) is 10.3 Å². The Kier molecular flexibility index (Phi) is 2.18. The minimum atomic E-state index is 0.0245. The second kappa shape index (κ2) is 3.08. The van der Waals surface area contributed by atoms with E-state index in [2.05, 4.69) is 10.2 Å². The van der Waals surface area contributed by atoms with Gasteiger partial charge in [0.15, 0.2) is 10.3 Å². The Hall–Kier alpha value is -0.380. The lowest BCUT2D eigenvalue weighted by Gasteiger charge is -2.12. The van der Waals surface area contributed by atoms with Crippen LogP contribution < -0.4 is 5.73 Å². The summed E-state index contributed by atoms with van der Waals surface area (Å²) < 4.78 is 0. The molecule has 0 unspecified atom stereocenters. The third-order valence-electron chi connectivity index (χ3n) is 2.53. The van der Waals surface area contributed by atoms with Crippen LogP contribution in [0.3, 0.4) is 0 Å². The fourth-order valence-corrected chi connectivity index (χ4v) is 1.90. The maximum atomic E-state index is 5.91. The Morgan fingerprint density at radius 1 is 1.38 bits per heavy atom. The molecule has 0 atom stereocenters. The van der Waals surface area contributed by atoms with Crippen molar-refractivity contribution < 1.29 is 0 Å². The molecule has 2 N–H and O–H groups in total. The summed E-state index contributed by atoms with van der Waals surface area (Å²) in [5.74, 6) is 0. The van der Waals surface area contributed by atoms with E-state index in [1.165, 1.54) is 0 Å². The number of rotatable bonds is 2. The topological polar surface area (TPSA) is 51.8 Å². The standard InChI is InChI=1S/C8H9Cl2N3/c9-6-3-5(7(10)13-12-6)8(4-11)1-2-8/h3H,1-2,4,11H2. The van der Waals surface area contributed by atoms with Gasteiger partial charge in [-0.25, -0.2) is 0 Å². The first-order valence-corrected chi connectivity index (χ1v) is 4.83. The fourth-order valence-electron chi connectivity index (χ4n) is 1.46. The average Bonchev–Trinajstić information content (AvgIpc) is 2.90. The van der Waals surface area contributed by atoms with E-state index < -0.39 is 0 Å². The number of halogens is 2. The summed E-state index contributed by atoms with van der Waals surface area (Å²) in [5, 5.41) is 8.22. The number of nitrogens with zero attached hydrogens (tertiary/aromatic N) is 2. The second-order valence-corrected chi connectivity index (χ2v) is 4.10. The van der Waals surface area contributed by atoms with Gasteiger partial charge in [-0.1, -0.05) is 23.2 Å². The molecule has 0 aromatic carbocycles. The fraction of sp³-hybridized carbons (Fsp3) is 0.500. The van der Waals surface area contributed by atoms with Crippen LogP contribution in [0.4, 0.5) is 0 Å². The first-order chi connectivity index (χ1) is 6.18. The van der Waals surface area contributed by atoms with Gasteiger partial charge in [-0.3, -0.25) is 0 Å². The van der Waals surface area contributed by atoms with E-state index in [4.69, 9.17) is 28.9 Å². The minimum Gasteiger partial charge on any atom is -0.330 e. The molecule has 0 bridgehead atoms. The van der Waals surface area contributed by atoms with Crippen LogP contribution in [0, 0.1) is 0 Å². The summed E-state index contributed by atoms with van der Waals surface area (Å²) in [6.07, 6.45) is 2.12. The zero-order valence-corrected chi connectivity index (χ0v) is 8.44. The van der Waals surface area contributed by atoms with Crippen LogP contribution >= 0.6 is 23.2 Å². The van der Waals surface area contributed by atoms with Crippen molar-refractivity contribution in [2.75, 3.05) is 6.54 Å². The molecule has 5 heteroatoms. The summed E-state index contributed by atoms with van der Waals surface area (Å²) in [6.45, 7) is 0.592. The first-order valence-electron chi connectivity index (χ1n) is 4.07. The van der Waals surface area contributed by atoms with Crippen molar-refractivity contribution in [2.45, 2.75) is 18.3 Å². The van der Waals surface area contributed by atoms with Crippen LogP contribution in [-0.2, 0) is 5.41 Å². The van der Waals surface area contributed by atoms with Gasteiger partial charge in [0.05, 0.1) is 0 Å². The van der Waals surface area contributed by atoms with Gasteiger partial charge < -0.3 is 5.73 Å². The van der Waals surface area contributed by atoms with E-state index in [0.29, 0.717) is 16.9 Å². The molecule has 70 valence electrons. The summed E-state index contributed by atoms with van der Waals surface area (Å²) in [6, 6.07) is 1.76. The molecule has 1 saturated carbocycles. The number of aromatic nitrogens is 2. The van der Waals surface area contributed by atoms with Gasteiger partial charge in [-0.05, 0) is 18.9 Å². The van der Waals surface area contributed by atoms with Crippen molar-refractivity contribution in [2.24, 2.45) is 5.73 Å². The van der Waals surface area contributed by atoms with Gasteiger partial charge in [0.25, 0.3) is 0 Å². The summed E-state index contributed by atoms with van der Waals surface area (Å²) in [5.41, 5.74) is 6.64. The van der Waals surface area contributed by atoms with Crippen molar-refractivity contribution in [3.05, 3.63) is 21.9 Å². The molecule has 1 aliphatic rings. The predicted octanol–water partition coefficient (Wildman–Crippen LogP) is 1.77. The van der Waals surface area contributed by atoms with E-state index >= 15 is 0 Å². The molecule has 1 fully saturated rings.